The van der Waals surface area contributed by atoms with Crippen LogP contribution in [0.25, 0.3) is 10.9 Å². The largest absolute Gasteiger partial charge is 0.339 e. The molecule has 0 spiro atoms. The Balaban J connectivity index is 1.27. The molecule has 3 aromatic carbocycles. The molecule has 5 rings (SSSR count). The Morgan fingerprint density at radius 3 is 2.36 bits per heavy atom. The minimum Gasteiger partial charge on any atom is -0.339 e. The zero-order valence-corrected chi connectivity index (χ0v) is 21.4. The molecule has 1 saturated heterocycles. The molecule has 2 heterocycles. The number of nitrogens with one attached hydrogen (secondary N) is 1. The molecule has 1 aliphatic heterocycles. The summed E-state index contributed by atoms with van der Waals surface area (Å²) in [6.45, 7) is 9.40. The molecule has 1 fully saturated rings. The molecule has 4 aromatic rings. The van der Waals surface area contributed by atoms with Crippen LogP contribution in [0, 0.1) is 32.5 Å². The summed E-state index contributed by atoms with van der Waals surface area (Å²) < 4.78 is 16.1. The lowest BCUT2D eigenvalue weighted by Crippen LogP contribution is -2.38. The third-order valence-electron chi connectivity index (χ3n) is 7.40. The van der Waals surface area contributed by atoms with Gasteiger partial charge in [0.25, 0.3) is 0 Å². The fourth-order valence-electron chi connectivity index (χ4n) is 5.59. The number of aromatic nitrogens is 1. The number of amides is 1. The third-order valence-corrected chi connectivity index (χ3v) is 7.40. The zero-order valence-electron chi connectivity index (χ0n) is 21.4. The highest BCUT2D eigenvalue weighted by molar-refractivity contribution is 5.94. The van der Waals surface area contributed by atoms with Gasteiger partial charge >= 0.3 is 0 Å². The third kappa shape index (κ3) is 5.21. The summed E-state index contributed by atoms with van der Waals surface area (Å²) in [5, 5.41) is 4.40. The van der Waals surface area contributed by atoms with Crippen LogP contribution >= 0.6 is 0 Å². The first-order chi connectivity index (χ1) is 17.4. The number of anilines is 1. The van der Waals surface area contributed by atoms with Gasteiger partial charge in [-0.1, -0.05) is 48.0 Å². The van der Waals surface area contributed by atoms with Crippen LogP contribution < -0.4 is 5.32 Å². The van der Waals surface area contributed by atoms with Gasteiger partial charge < -0.3 is 9.88 Å². The van der Waals surface area contributed by atoms with Gasteiger partial charge in [0, 0.05) is 35.9 Å². The van der Waals surface area contributed by atoms with Crippen molar-refractivity contribution in [3.8, 4) is 0 Å². The molecule has 36 heavy (non-hydrogen) atoms. The topological polar surface area (TPSA) is 37.3 Å². The SMILES string of the molecule is Cc1cc(C)c(NC(=O)C2CCN(Cc3cc4ccccc4n3Cc3cccc(F)c3)CC2)c(C)c1. The molecule has 4 nitrogen and oxygen atoms in total. The minimum absolute atomic E-state index is 0.0273. The van der Waals surface area contributed by atoms with Gasteiger partial charge in [-0.05, 0) is 93.0 Å². The fourth-order valence-corrected chi connectivity index (χ4v) is 5.59. The molecule has 0 bridgehead atoms. The van der Waals surface area contributed by atoms with Crippen LogP contribution in [0.3, 0.4) is 0 Å². The fraction of sp³-hybridized carbons (Fsp3) is 0.323. The average molecular weight is 484 g/mol. The number of nitrogens with zero attached hydrogens (tertiary/aromatic N) is 2. The number of fused-ring (bicyclic) bond motifs is 1. The molecule has 186 valence electrons. The van der Waals surface area contributed by atoms with Crippen molar-refractivity contribution in [1.82, 2.24) is 9.47 Å². The van der Waals surface area contributed by atoms with Crippen molar-refractivity contribution in [2.75, 3.05) is 18.4 Å². The number of likely N-dealkylation sites (tertiary alicyclic amines) is 1. The van der Waals surface area contributed by atoms with E-state index in [9.17, 15) is 9.18 Å². The van der Waals surface area contributed by atoms with E-state index in [1.165, 1.54) is 22.7 Å². The van der Waals surface area contributed by atoms with Gasteiger partial charge in [-0.15, -0.1) is 0 Å². The second-order valence-corrected chi connectivity index (χ2v) is 10.2. The molecule has 1 amide bonds. The first kappa shape index (κ1) is 24.3. The number of hydrogen-bond acceptors (Lipinski definition) is 2. The lowest BCUT2D eigenvalue weighted by molar-refractivity contribution is -0.121. The lowest BCUT2D eigenvalue weighted by atomic mass is 9.95. The molecule has 5 heteroatoms. The molecule has 0 unspecified atom stereocenters. The number of aryl methyl sites for hydroxylation is 3. The number of carbonyl (C=O) groups is 1. The first-order valence-electron chi connectivity index (χ1n) is 12.8. The summed E-state index contributed by atoms with van der Waals surface area (Å²) >= 11 is 0. The van der Waals surface area contributed by atoms with Crippen molar-refractivity contribution in [3.05, 3.63) is 100 Å². The molecular weight excluding hydrogens is 449 g/mol. The van der Waals surface area contributed by atoms with Crippen LogP contribution in [-0.2, 0) is 17.9 Å². The molecule has 1 aromatic heterocycles. The van der Waals surface area contributed by atoms with E-state index in [0.717, 1.165) is 60.4 Å². The summed E-state index contributed by atoms with van der Waals surface area (Å²) in [5.74, 6) is -0.0497. The summed E-state index contributed by atoms with van der Waals surface area (Å²) in [5.41, 5.74) is 7.73. The predicted octanol–water partition coefficient (Wildman–Crippen LogP) is 6.60. The second-order valence-electron chi connectivity index (χ2n) is 10.2. The van der Waals surface area contributed by atoms with Crippen molar-refractivity contribution in [2.45, 2.75) is 46.7 Å². The van der Waals surface area contributed by atoms with Crippen molar-refractivity contribution in [3.63, 3.8) is 0 Å². The Labute approximate surface area is 212 Å². The van der Waals surface area contributed by atoms with Gasteiger partial charge in [0.05, 0.1) is 0 Å². The molecule has 0 aliphatic carbocycles. The summed E-state index contributed by atoms with van der Waals surface area (Å²) in [6.07, 6.45) is 1.69. The van der Waals surface area contributed by atoms with E-state index < -0.39 is 0 Å². The number of halogens is 1. The maximum Gasteiger partial charge on any atom is 0.227 e. The van der Waals surface area contributed by atoms with Gasteiger partial charge in [0.15, 0.2) is 0 Å². The van der Waals surface area contributed by atoms with E-state index in [4.69, 9.17) is 0 Å². The Kier molecular flexibility index (Phi) is 6.92. The van der Waals surface area contributed by atoms with Crippen LogP contribution in [0.5, 0.6) is 0 Å². The van der Waals surface area contributed by atoms with Crippen LogP contribution in [-0.4, -0.2) is 28.5 Å². The predicted molar refractivity (Wildman–Crippen MR) is 145 cm³/mol. The zero-order chi connectivity index (χ0) is 25.2. The highest BCUT2D eigenvalue weighted by Gasteiger charge is 2.26. The number of piperidine rings is 1. The molecular formula is C31H34FN3O. The number of rotatable bonds is 6. The smallest absolute Gasteiger partial charge is 0.227 e. The minimum atomic E-state index is -0.207. The number of benzene rings is 3. The van der Waals surface area contributed by atoms with Crippen LogP contribution in [0.2, 0.25) is 0 Å². The Hall–Kier alpha value is -3.44. The van der Waals surface area contributed by atoms with Crippen molar-refractivity contribution in [1.29, 1.82) is 0 Å². The van der Waals surface area contributed by atoms with E-state index in [2.05, 4.69) is 78.0 Å². The van der Waals surface area contributed by atoms with Crippen LogP contribution in [0.15, 0.2) is 66.7 Å². The Bertz CT molecular complexity index is 1380. The normalized spacial score (nSPS) is 14.9. The Morgan fingerprint density at radius 2 is 1.64 bits per heavy atom. The number of carbonyl (C=O) groups excluding carboxylic acids is 1. The molecule has 1 N–H and O–H groups in total. The maximum atomic E-state index is 13.8. The monoisotopic (exact) mass is 483 g/mol. The summed E-state index contributed by atoms with van der Waals surface area (Å²) in [4.78, 5) is 15.5. The molecule has 0 saturated carbocycles. The molecule has 0 atom stereocenters. The van der Waals surface area contributed by atoms with Gasteiger partial charge in [0.1, 0.15) is 5.82 Å². The van der Waals surface area contributed by atoms with E-state index in [-0.39, 0.29) is 17.6 Å². The summed E-state index contributed by atoms with van der Waals surface area (Å²) in [6, 6.07) is 21.7. The van der Waals surface area contributed by atoms with E-state index in [1.54, 1.807) is 12.1 Å². The standard InChI is InChI=1S/C31H34FN3O/c1-21-15-22(2)30(23(3)16-21)33-31(36)25-11-13-34(14-12-25)20-28-18-26-8-4-5-10-29(26)35(28)19-24-7-6-9-27(32)17-24/h4-10,15-18,25H,11-14,19-20H2,1-3H3,(H,33,36). The molecule has 1 aliphatic rings. The molecule has 0 radical (unpaired) electrons. The van der Waals surface area contributed by atoms with E-state index in [0.29, 0.717) is 6.54 Å². The number of para-hydroxylation sites is 1. The summed E-state index contributed by atoms with van der Waals surface area (Å²) in [7, 11) is 0. The van der Waals surface area contributed by atoms with Gasteiger partial charge in [0.2, 0.25) is 5.91 Å². The van der Waals surface area contributed by atoms with Crippen molar-refractivity contribution >= 4 is 22.5 Å². The average Bonchev–Trinajstić information content (AvgIpc) is 3.18. The number of hydrogen-bond donors (Lipinski definition) is 1. The Morgan fingerprint density at radius 1 is 0.917 bits per heavy atom. The van der Waals surface area contributed by atoms with Gasteiger partial charge in [-0.3, -0.25) is 9.69 Å². The highest BCUT2D eigenvalue weighted by Crippen LogP contribution is 2.27. The van der Waals surface area contributed by atoms with Crippen LogP contribution in [0.4, 0.5) is 10.1 Å². The quantitative estimate of drug-likeness (QED) is 0.335. The van der Waals surface area contributed by atoms with E-state index in [1.807, 2.05) is 6.07 Å². The lowest BCUT2D eigenvalue weighted by Gasteiger charge is -2.31. The van der Waals surface area contributed by atoms with E-state index >= 15 is 0 Å². The maximum absolute atomic E-state index is 13.8. The van der Waals surface area contributed by atoms with Gasteiger partial charge in [-0.2, -0.15) is 0 Å². The highest BCUT2D eigenvalue weighted by atomic mass is 19.1. The van der Waals surface area contributed by atoms with Gasteiger partial charge in [-0.25, -0.2) is 4.39 Å². The van der Waals surface area contributed by atoms with Crippen molar-refractivity contribution in [2.24, 2.45) is 5.92 Å². The first-order valence-corrected chi connectivity index (χ1v) is 12.8. The second kappa shape index (κ2) is 10.3. The van der Waals surface area contributed by atoms with Crippen molar-refractivity contribution < 1.29 is 9.18 Å². The van der Waals surface area contributed by atoms with Crippen LogP contribution in [0.1, 0.15) is 40.8 Å².